The van der Waals surface area contributed by atoms with Crippen LogP contribution in [0.15, 0.2) is 42.6 Å². The molecule has 0 unspecified atom stereocenters. The van der Waals surface area contributed by atoms with E-state index >= 15 is 0 Å². The van der Waals surface area contributed by atoms with Gasteiger partial charge in [0.15, 0.2) is 0 Å². The van der Waals surface area contributed by atoms with Crippen LogP contribution in [0, 0.1) is 0 Å². The zero-order chi connectivity index (χ0) is 10.7. The molecule has 1 aromatic heterocycles. The minimum Gasteiger partial charge on any atom is -0.480 e. The maximum absolute atomic E-state index is 10.6. The summed E-state index contributed by atoms with van der Waals surface area (Å²) in [5, 5.41) is 12.7. The van der Waals surface area contributed by atoms with Crippen LogP contribution in [0.1, 0.15) is 0 Å². The van der Waals surface area contributed by atoms with E-state index in [1.807, 2.05) is 30.3 Å². The normalized spacial score (nSPS) is 10.1. The standard InChI is InChI=1S/C11H10N2O2/c14-11(15)8-13-10(6-7-12-13)9-4-2-1-3-5-9/h1-7H,8H2,(H,14,15). The predicted molar refractivity (Wildman–Crippen MR) is 55.3 cm³/mol. The molecule has 0 atom stereocenters. The van der Waals surface area contributed by atoms with Gasteiger partial charge >= 0.3 is 5.97 Å². The number of benzene rings is 1. The van der Waals surface area contributed by atoms with Gasteiger partial charge < -0.3 is 5.11 Å². The molecule has 0 aliphatic carbocycles. The van der Waals surface area contributed by atoms with E-state index in [1.54, 1.807) is 12.3 Å². The second kappa shape index (κ2) is 3.96. The van der Waals surface area contributed by atoms with Gasteiger partial charge in [0.05, 0.1) is 5.69 Å². The van der Waals surface area contributed by atoms with Gasteiger partial charge in [0.2, 0.25) is 0 Å². The first-order valence-corrected chi connectivity index (χ1v) is 4.56. The Balaban J connectivity index is 2.37. The van der Waals surface area contributed by atoms with E-state index in [0.29, 0.717) is 0 Å². The number of nitrogens with zero attached hydrogens (tertiary/aromatic N) is 2. The molecule has 0 aliphatic heterocycles. The molecule has 0 bridgehead atoms. The van der Waals surface area contributed by atoms with Gasteiger partial charge in [-0.1, -0.05) is 30.3 Å². The highest BCUT2D eigenvalue weighted by Crippen LogP contribution is 2.17. The van der Waals surface area contributed by atoms with Crippen molar-refractivity contribution in [2.45, 2.75) is 6.54 Å². The molecule has 1 N–H and O–H groups in total. The number of rotatable bonds is 3. The van der Waals surface area contributed by atoms with Crippen LogP contribution in [0.2, 0.25) is 0 Å². The van der Waals surface area contributed by atoms with E-state index in [0.717, 1.165) is 11.3 Å². The summed E-state index contributed by atoms with van der Waals surface area (Å²) in [6.07, 6.45) is 1.60. The summed E-state index contributed by atoms with van der Waals surface area (Å²) in [6, 6.07) is 11.4. The van der Waals surface area contributed by atoms with Crippen molar-refractivity contribution in [1.29, 1.82) is 0 Å². The lowest BCUT2D eigenvalue weighted by Gasteiger charge is -2.04. The number of hydrogen-bond donors (Lipinski definition) is 1. The molecule has 0 radical (unpaired) electrons. The zero-order valence-corrected chi connectivity index (χ0v) is 8.00. The van der Waals surface area contributed by atoms with E-state index in [4.69, 9.17) is 5.11 Å². The Morgan fingerprint density at radius 1 is 1.27 bits per heavy atom. The van der Waals surface area contributed by atoms with E-state index in [2.05, 4.69) is 5.10 Å². The summed E-state index contributed by atoms with van der Waals surface area (Å²) in [6.45, 7) is -0.114. The van der Waals surface area contributed by atoms with Crippen molar-refractivity contribution >= 4 is 5.97 Å². The molecule has 0 aliphatic rings. The lowest BCUT2D eigenvalue weighted by molar-refractivity contribution is -0.137. The average Bonchev–Trinajstić information content (AvgIpc) is 2.66. The number of carboxylic acids is 1. The number of aromatic nitrogens is 2. The van der Waals surface area contributed by atoms with Crippen LogP contribution in [0.4, 0.5) is 0 Å². The lowest BCUT2D eigenvalue weighted by atomic mass is 10.1. The second-order valence-corrected chi connectivity index (χ2v) is 3.13. The minimum absolute atomic E-state index is 0.114. The summed E-state index contributed by atoms with van der Waals surface area (Å²) >= 11 is 0. The van der Waals surface area contributed by atoms with E-state index in [9.17, 15) is 4.79 Å². The molecule has 15 heavy (non-hydrogen) atoms. The van der Waals surface area contributed by atoms with Crippen LogP contribution in [0.5, 0.6) is 0 Å². The third kappa shape index (κ3) is 2.04. The van der Waals surface area contributed by atoms with Crippen LogP contribution in [0.25, 0.3) is 11.3 Å². The van der Waals surface area contributed by atoms with Gasteiger partial charge in [0.1, 0.15) is 6.54 Å². The quantitative estimate of drug-likeness (QED) is 0.823. The van der Waals surface area contributed by atoms with Crippen molar-refractivity contribution in [1.82, 2.24) is 9.78 Å². The zero-order valence-electron chi connectivity index (χ0n) is 8.00. The summed E-state index contributed by atoms with van der Waals surface area (Å²) in [5.41, 5.74) is 1.79. The number of carboxylic acid groups (broad SMARTS) is 1. The van der Waals surface area contributed by atoms with Crippen LogP contribution in [-0.4, -0.2) is 20.9 Å². The van der Waals surface area contributed by atoms with Crippen LogP contribution >= 0.6 is 0 Å². The van der Waals surface area contributed by atoms with Gasteiger partial charge in [0, 0.05) is 6.20 Å². The lowest BCUT2D eigenvalue weighted by Crippen LogP contribution is -2.11. The van der Waals surface area contributed by atoms with Crippen LogP contribution in [0.3, 0.4) is 0 Å². The molecule has 4 nitrogen and oxygen atoms in total. The average molecular weight is 202 g/mol. The molecular formula is C11H10N2O2. The summed E-state index contributed by atoms with van der Waals surface area (Å²) in [4.78, 5) is 10.6. The Kier molecular flexibility index (Phi) is 2.49. The third-order valence-electron chi connectivity index (χ3n) is 2.07. The SMILES string of the molecule is O=C(O)Cn1nccc1-c1ccccc1. The van der Waals surface area contributed by atoms with Crippen molar-refractivity contribution in [3.63, 3.8) is 0 Å². The Hall–Kier alpha value is -2.10. The molecule has 76 valence electrons. The van der Waals surface area contributed by atoms with Gasteiger partial charge in [-0.25, -0.2) is 0 Å². The molecule has 0 spiro atoms. The Labute approximate surface area is 86.8 Å². The molecule has 2 aromatic rings. The highest BCUT2D eigenvalue weighted by Gasteiger charge is 2.07. The molecule has 2 rings (SSSR count). The van der Waals surface area contributed by atoms with Crippen molar-refractivity contribution in [2.75, 3.05) is 0 Å². The fourth-order valence-electron chi connectivity index (χ4n) is 1.44. The van der Waals surface area contributed by atoms with Crippen molar-refractivity contribution in [3.05, 3.63) is 42.6 Å². The molecule has 0 saturated carbocycles. The van der Waals surface area contributed by atoms with Gasteiger partial charge in [-0.05, 0) is 11.6 Å². The van der Waals surface area contributed by atoms with E-state index in [-0.39, 0.29) is 6.54 Å². The Morgan fingerprint density at radius 2 is 2.00 bits per heavy atom. The fourth-order valence-corrected chi connectivity index (χ4v) is 1.44. The Bertz CT molecular complexity index is 462. The summed E-state index contributed by atoms with van der Waals surface area (Å²) in [7, 11) is 0. The third-order valence-corrected chi connectivity index (χ3v) is 2.07. The minimum atomic E-state index is -0.893. The monoisotopic (exact) mass is 202 g/mol. The van der Waals surface area contributed by atoms with Gasteiger partial charge in [-0.3, -0.25) is 9.48 Å². The van der Waals surface area contributed by atoms with Crippen molar-refractivity contribution in [3.8, 4) is 11.3 Å². The number of aliphatic carboxylic acids is 1. The summed E-state index contributed by atoms with van der Waals surface area (Å²) < 4.78 is 1.47. The molecule has 4 heteroatoms. The van der Waals surface area contributed by atoms with E-state index < -0.39 is 5.97 Å². The maximum Gasteiger partial charge on any atom is 0.325 e. The molecule has 1 heterocycles. The van der Waals surface area contributed by atoms with Gasteiger partial charge in [0.25, 0.3) is 0 Å². The predicted octanol–water partition coefficient (Wildman–Crippen LogP) is 1.63. The molecule has 1 aromatic carbocycles. The smallest absolute Gasteiger partial charge is 0.325 e. The van der Waals surface area contributed by atoms with E-state index in [1.165, 1.54) is 4.68 Å². The highest BCUT2D eigenvalue weighted by molar-refractivity contribution is 5.68. The first-order valence-electron chi connectivity index (χ1n) is 4.56. The number of hydrogen-bond acceptors (Lipinski definition) is 2. The largest absolute Gasteiger partial charge is 0.480 e. The van der Waals surface area contributed by atoms with Crippen LogP contribution in [-0.2, 0) is 11.3 Å². The first-order chi connectivity index (χ1) is 7.27. The van der Waals surface area contributed by atoms with Crippen LogP contribution < -0.4 is 0 Å². The highest BCUT2D eigenvalue weighted by atomic mass is 16.4. The topological polar surface area (TPSA) is 55.1 Å². The Morgan fingerprint density at radius 3 is 2.67 bits per heavy atom. The fraction of sp³-hybridized carbons (Fsp3) is 0.0909. The molecular weight excluding hydrogens is 192 g/mol. The molecule has 0 fully saturated rings. The summed E-state index contributed by atoms with van der Waals surface area (Å²) in [5.74, 6) is -0.893. The first kappa shape index (κ1) is 9.45. The van der Waals surface area contributed by atoms with Gasteiger partial charge in [-0.2, -0.15) is 5.10 Å². The van der Waals surface area contributed by atoms with Crippen molar-refractivity contribution in [2.24, 2.45) is 0 Å². The van der Waals surface area contributed by atoms with Gasteiger partial charge in [-0.15, -0.1) is 0 Å². The number of carbonyl (C=O) groups is 1. The maximum atomic E-state index is 10.6. The molecule has 0 amide bonds. The molecule has 0 saturated heterocycles. The second-order valence-electron chi connectivity index (χ2n) is 3.13. The van der Waals surface area contributed by atoms with Crippen molar-refractivity contribution < 1.29 is 9.90 Å².